The molecule has 0 bridgehead atoms. The van der Waals surface area contributed by atoms with Gasteiger partial charge in [-0.1, -0.05) is 31.2 Å². The maximum atomic E-state index is 13.0. The van der Waals surface area contributed by atoms with E-state index in [1.54, 1.807) is 0 Å². The molecule has 2 atom stereocenters. The molecule has 3 heterocycles. The van der Waals surface area contributed by atoms with Crippen LogP contribution in [0.15, 0.2) is 42.5 Å². The first-order chi connectivity index (χ1) is 17.6. The van der Waals surface area contributed by atoms with E-state index in [-0.39, 0.29) is 11.9 Å². The van der Waals surface area contributed by atoms with Crippen molar-refractivity contribution in [3.05, 3.63) is 48.0 Å². The predicted octanol–water partition coefficient (Wildman–Crippen LogP) is 4.36. The van der Waals surface area contributed by atoms with Crippen molar-refractivity contribution < 1.29 is 4.79 Å². The summed E-state index contributed by atoms with van der Waals surface area (Å²) in [5.74, 6) is 0.201. The average molecular weight is 490 g/mol. The van der Waals surface area contributed by atoms with Gasteiger partial charge in [0.1, 0.15) is 0 Å². The number of aromatic nitrogens is 1. The smallest absolute Gasteiger partial charge is 0.237 e. The zero-order valence-corrected chi connectivity index (χ0v) is 22.3. The van der Waals surface area contributed by atoms with Crippen LogP contribution in [0.2, 0.25) is 0 Å². The van der Waals surface area contributed by atoms with E-state index in [0.717, 1.165) is 39.1 Å². The van der Waals surface area contributed by atoms with Crippen LogP contribution in [0.25, 0.3) is 21.8 Å². The molecule has 0 saturated carbocycles. The lowest BCUT2D eigenvalue weighted by atomic mass is 10.0. The number of fused-ring (bicyclic) bond motifs is 3. The van der Waals surface area contributed by atoms with Crippen LogP contribution in [-0.2, 0) is 17.9 Å². The number of nitrogens with one attached hydrogen (secondary N) is 2. The summed E-state index contributed by atoms with van der Waals surface area (Å²) in [6.07, 6.45) is 4.44. The lowest BCUT2D eigenvalue weighted by molar-refractivity contribution is -0.126. The van der Waals surface area contributed by atoms with Gasteiger partial charge in [0.25, 0.3) is 0 Å². The quantitative estimate of drug-likeness (QED) is 0.469. The Morgan fingerprint density at radius 3 is 2.53 bits per heavy atom. The van der Waals surface area contributed by atoms with Crippen LogP contribution < -0.4 is 10.6 Å². The molecule has 2 aromatic carbocycles. The third kappa shape index (κ3) is 5.04. The van der Waals surface area contributed by atoms with E-state index in [4.69, 9.17) is 0 Å². The van der Waals surface area contributed by atoms with Crippen LogP contribution in [0.5, 0.6) is 0 Å². The summed E-state index contributed by atoms with van der Waals surface area (Å²) in [6, 6.07) is 16.4. The molecule has 2 aliphatic heterocycles. The van der Waals surface area contributed by atoms with Crippen molar-refractivity contribution in [2.45, 2.75) is 77.7 Å². The third-order valence-corrected chi connectivity index (χ3v) is 8.31. The highest BCUT2D eigenvalue weighted by Gasteiger charge is 2.40. The minimum Gasteiger partial charge on any atom is -0.355 e. The topological polar surface area (TPSA) is 52.5 Å². The Hall–Kier alpha value is -2.41. The van der Waals surface area contributed by atoms with Crippen molar-refractivity contribution in [1.29, 1.82) is 0 Å². The summed E-state index contributed by atoms with van der Waals surface area (Å²) in [7, 11) is 0. The van der Waals surface area contributed by atoms with Gasteiger partial charge in [-0.15, -0.1) is 0 Å². The van der Waals surface area contributed by atoms with Gasteiger partial charge in [-0.25, -0.2) is 0 Å². The lowest BCUT2D eigenvalue weighted by Crippen LogP contribution is -2.51. The zero-order valence-electron chi connectivity index (χ0n) is 22.3. The molecule has 3 aromatic rings. The maximum absolute atomic E-state index is 13.0. The van der Waals surface area contributed by atoms with Crippen molar-refractivity contribution in [2.75, 3.05) is 32.7 Å². The number of rotatable bonds is 9. The number of likely N-dealkylation sites (N-methyl/N-ethyl adjacent to an activating group) is 1. The summed E-state index contributed by atoms with van der Waals surface area (Å²) in [6.45, 7) is 13.4. The first kappa shape index (κ1) is 25.2. The normalized spacial score (nSPS) is 22.1. The summed E-state index contributed by atoms with van der Waals surface area (Å²) in [5.41, 5.74) is 3.92. The van der Waals surface area contributed by atoms with Crippen LogP contribution in [0.1, 0.15) is 52.0 Å². The van der Waals surface area contributed by atoms with Crippen molar-refractivity contribution in [3.8, 4) is 0 Å². The Kier molecular flexibility index (Phi) is 7.94. The van der Waals surface area contributed by atoms with Crippen LogP contribution >= 0.6 is 0 Å². The van der Waals surface area contributed by atoms with Crippen LogP contribution in [0.4, 0.5) is 0 Å². The largest absolute Gasteiger partial charge is 0.355 e. The Bertz CT molecular complexity index is 1180. The summed E-state index contributed by atoms with van der Waals surface area (Å²) in [5, 5.41) is 9.58. The summed E-state index contributed by atoms with van der Waals surface area (Å²) >= 11 is 0. The highest BCUT2D eigenvalue weighted by atomic mass is 16.2. The zero-order chi connectivity index (χ0) is 25.1. The van der Waals surface area contributed by atoms with Gasteiger partial charge in [0.2, 0.25) is 5.91 Å². The molecule has 0 unspecified atom stereocenters. The van der Waals surface area contributed by atoms with E-state index < -0.39 is 0 Å². The Labute approximate surface area is 216 Å². The molecule has 0 radical (unpaired) electrons. The number of hydrogen-bond donors (Lipinski definition) is 2. The van der Waals surface area contributed by atoms with Gasteiger partial charge >= 0.3 is 0 Å². The summed E-state index contributed by atoms with van der Waals surface area (Å²) < 4.78 is 2.40. The highest BCUT2D eigenvalue weighted by Crippen LogP contribution is 2.30. The maximum Gasteiger partial charge on any atom is 0.237 e. The van der Waals surface area contributed by atoms with E-state index in [0.29, 0.717) is 18.6 Å². The molecule has 1 aromatic heterocycles. The fraction of sp³-hybridized carbons (Fsp3) is 0.567. The Morgan fingerprint density at radius 2 is 1.78 bits per heavy atom. The number of hydrogen-bond acceptors (Lipinski definition) is 4. The van der Waals surface area contributed by atoms with Gasteiger partial charge in [0, 0.05) is 60.1 Å². The third-order valence-electron chi connectivity index (χ3n) is 8.31. The molecule has 1 amide bonds. The Balaban J connectivity index is 1.28. The van der Waals surface area contributed by atoms with E-state index in [9.17, 15) is 4.79 Å². The molecule has 5 rings (SSSR count). The van der Waals surface area contributed by atoms with Gasteiger partial charge in [0.05, 0.1) is 6.04 Å². The second kappa shape index (κ2) is 11.3. The second-order valence-corrected chi connectivity index (χ2v) is 10.6. The molecule has 6 heteroatoms. The van der Waals surface area contributed by atoms with Gasteiger partial charge < -0.3 is 20.1 Å². The fourth-order valence-corrected chi connectivity index (χ4v) is 6.57. The van der Waals surface area contributed by atoms with Crippen LogP contribution in [-0.4, -0.2) is 71.1 Å². The molecule has 6 nitrogen and oxygen atoms in total. The molecule has 194 valence electrons. The van der Waals surface area contributed by atoms with Crippen molar-refractivity contribution >= 4 is 27.7 Å². The monoisotopic (exact) mass is 489 g/mol. The molecule has 2 saturated heterocycles. The first-order valence-electron chi connectivity index (χ1n) is 14.1. The van der Waals surface area contributed by atoms with Gasteiger partial charge in [0.15, 0.2) is 0 Å². The van der Waals surface area contributed by atoms with E-state index in [1.165, 1.54) is 53.2 Å². The molecular weight excluding hydrogens is 446 g/mol. The van der Waals surface area contributed by atoms with Crippen molar-refractivity contribution in [2.24, 2.45) is 0 Å². The molecular formula is C30H43N5O. The molecule has 36 heavy (non-hydrogen) atoms. The predicted molar refractivity (Wildman–Crippen MR) is 149 cm³/mol. The minimum absolute atomic E-state index is 0.0183. The fourth-order valence-electron chi connectivity index (χ4n) is 6.57. The van der Waals surface area contributed by atoms with Crippen molar-refractivity contribution in [3.63, 3.8) is 0 Å². The highest BCUT2D eigenvalue weighted by molar-refractivity contribution is 6.08. The number of amides is 1. The number of para-hydroxylation sites is 1. The molecule has 2 aliphatic rings. The molecule has 2 fully saturated rings. The number of likely N-dealkylation sites (tertiary alicyclic amines) is 2. The number of carbonyl (C=O) groups excluding carboxylic acids is 1. The number of carbonyl (C=O) groups is 1. The molecule has 0 aliphatic carbocycles. The van der Waals surface area contributed by atoms with Crippen molar-refractivity contribution in [1.82, 2.24) is 25.0 Å². The number of aryl methyl sites for hydroxylation is 1. The SMILES string of the molecule is CCCN1CCC(N2C[C@@H](NCc3ccc4c(c3)c3ccccc3n4CC)C[C@H]2C(=O)NCC)CC1. The van der Waals surface area contributed by atoms with Crippen LogP contribution in [0, 0.1) is 0 Å². The number of benzene rings is 2. The lowest BCUT2D eigenvalue weighted by Gasteiger charge is -2.38. The molecule has 2 N–H and O–H groups in total. The van der Waals surface area contributed by atoms with E-state index in [2.05, 4.69) is 81.3 Å². The van der Waals surface area contributed by atoms with E-state index >= 15 is 0 Å². The van der Waals surface area contributed by atoms with E-state index in [1.807, 2.05) is 6.92 Å². The van der Waals surface area contributed by atoms with Gasteiger partial charge in [-0.2, -0.15) is 0 Å². The standard InChI is InChI=1S/C30H43N5O/c1-4-15-33-16-13-24(14-17-33)35-21-23(19-29(35)30(36)31-5-2)32-20-22-11-12-28-26(18-22)25-9-7-8-10-27(25)34(28)6-3/h7-12,18,23-24,29,32H,4-6,13-17,19-21H2,1-3H3,(H,31,36)/t23-,29-/m0/s1. The molecule has 0 spiro atoms. The Morgan fingerprint density at radius 1 is 1.00 bits per heavy atom. The minimum atomic E-state index is -0.0183. The average Bonchev–Trinajstić information content (AvgIpc) is 3.47. The number of nitrogens with zero attached hydrogens (tertiary/aromatic N) is 3. The first-order valence-corrected chi connectivity index (χ1v) is 14.1. The van der Waals surface area contributed by atoms with Gasteiger partial charge in [-0.05, 0) is 82.9 Å². The summed E-state index contributed by atoms with van der Waals surface area (Å²) in [4.78, 5) is 18.1. The van der Waals surface area contributed by atoms with Gasteiger partial charge in [-0.3, -0.25) is 9.69 Å². The van der Waals surface area contributed by atoms with Crippen LogP contribution in [0.3, 0.4) is 0 Å². The number of piperidine rings is 1. The second-order valence-electron chi connectivity index (χ2n) is 10.6.